The summed E-state index contributed by atoms with van der Waals surface area (Å²) in [6.07, 6.45) is 0. The quantitative estimate of drug-likeness (QED) is 0.746. The van der Waals surface area contributed by atoms with Gasteiger partial charge in [-0.05, 0) is 50.1 Å². The SMILES string of the molecule is Cc1cc(C)c(NC(=O)Nc2ccc(Cl)c(Cl)c2)c(C)c1. The van der Waals surface area contributed by atoms with Crippen LogP contribution in [0.25, 0.3) is 0 Å². The van der Waals surface area contributed by atoms with Crippen molar-refractivity contribution in [1.82, 2.24) is 0 Å². The van der Waals surface area contributed by atoms with Crippen LogP contribution in [0.3, 0.4) is 0 Å². The van der Waals surface area contributed by atoms with Gasteiger partial charge < -0.3 is 10.6 Å². The number of carbonyl (C=O) groups is 1. The van der Waals surface area contributed by atoms with Crippen LogP contribution in [0.4, 0.5) is 16.2 Å². The molecule has 0 bridgehead atoms. The molecule has 0 heterocycles. The molecular formula is C16H16Cl2N2O. The number of urea groups is 1. The number of rotatable bonds is 2. The molecule has 0 spiro atoms. The molecule has 0 aliphatic rings. The Kier molecular flexibility index (Phi) is 4.76. The Morgan fingerprint density at radius 1 is 0.905 bits per heavy atom. The van der Waals surface area contributed by atoms with Gasteiger partial charge in [-0.1, -0.05) is 40.9 Å². The molecule has 0 radical (unpaired) electrons. The minimum atomic E-state index is -0.316. The summed E-state index contributed by atoms with van der Waals surface area (Å²) < 4.78 is 0. The fraction of sp³-hybridized carbons (Fsp3) is 0.188. The smallest absolute Gasteiger partial charge is 0.308 e. The van der Waals surface area contributed by atoms with E-state index in [-0.39, 0.29) is 6.03 Å². The number of amides is 2. The number of anilines is 2. The third-order valence-corrected chi connectivity index (χ3v) is 3.83. The Hall–Kier alpha value is -1.71. The van der Waals surface area contributed by atoms with E-state index in [4.69, 9.17) is 23.2 Å². The highest BCUT2D eigenvalue weighted by Crippen LogP contribution is 2.26. The van der Waals surface area contributed by atoms with Crippen molar-refractivity contribution in [2.24, 2.45) is 0 Å². The van der Waals surface area contributed by atoms with E-state index in [2.05, 4.69) is 10.6 Å². The van der Waals surface area contributed by atoms with E-state index >= 15 is 0 Å². The first-order chi connectivity index (χ1) is 9.86. The Morgan fingerprint density at radius 3 is 2.10 bits per heavy atom. The average molecular weight is 323 g/mol. The Morgan fingerprint density at radius 2 is 1.52 bits per heavy atom. The molecule has 0 atom stereocenters. The van der Waals surface area contributed by atoms with Gasteiger partial charge in [0.2, 0.25) is 0 Å². The molecule has 2 N–H and O–H groups in total. The van der Waals surface area contributed by atoms with Crippen molar-refractivity contribution in [2.75, 3.05) is 10.6 Å². The molecule has 0 fully saturated rings. The Bertz CT molecular complexity index is 676. The van der Waals surface area contributed by atoms with Crippen molar-refractivity contribution in [1.29, 1.82) is 0 Å². The first kappa shape index (κ1) is 15.7. The number of aryl methyl sites for hydroxylation is 3. The lowest BCUT2D eigenvalue weighted by Gasteiger charge is -2.13. The Labute approximate surface area is 134 Å². The van der Waals surface area contributed by atoms with Crippen LogP contribution in [0, 0.1) is 20.8 Å². The lowest BCUT2D eigenvalue weighted by molar-refractivity contribution is 0.262. The summed E-state index contributed by atoms with van der Waals surface area (Å²) in [5, 5.41) is 6.45. The summed E-state index contributed by atoms with van der Waals surface area (Å²) in [6, 6.07) is 8.69. The number of hydrogen-bond acceptors (Lipinski definition) is 1. The van der Waals surface area contributed by atoms with Crippen LogP contribution in [0.5, 0.6) is 0 Å². The van der Waals surface area contributed by atoms with E-state index in [1.54, 1.807) is 18.2 Å². The van der Waals surface area contributed by atoms with E-state index in [0.717, 1.165) is 16.8 Å². The predicted octanol–water partition coefficient (Wildman–Crippen LogP) is 5.56. The normalized spacial score (nSPS) is 10.3. The molecule has 21 heavy (non-hydrogen) atoms. The van der Waals surface area contributed by atoms with Gasteiger partial charge in [-0.15, -0.1) is 0 Å². The van der Waals surface area contributed by atoms with Crippen molar-refractivity contribution >= 4 is 40.6 Å². The number of hydrogen-bond donors (Lipinski definition) is 2. The van der Waals surface area contributed by atoms with Gasteiger partial charge in [-0.3, -0.25) is 0 Å². The van der Waals surface area contributed by atoms with E-state index in [0.29, 0.717) is 15.7 Å². The van der Waals surface area contributed by atoms with Crippen molar-refractivity contribution in [3.05, 3.63) is 57.1 Å². The lowest BCUT2D eigenvalue weighted by Crippen LogP contribution is -2.20. The molecule has 2 aromatic rings. The van der Waals surface area contributed by atoms with Gasteiger partial charge in [-0.2, -0.15) is 0 Å². The zero-order chi connectivity index (χ0) is 15.6. The number of halogens is 2. The first-order valence-electron chi connectivity index (χ1n) is 6.47. The summed E-state index contributed by atoms with van der Waals surface area (Å²) in [6.45, 7) is 5.96. The lowest BCUT2D eigenvalue weighted by atomic mass is 10.1. The van der Waals surface area contributed by atoms with E-state index in [1.165, 1.54) is 5.56 Å². The molecule has 110 valence electrons. The van der Waals surface area contributed by atoms with Crippen molar-refractivity contribution in [3.63, 3.8) is 0 Å². The average Bonchev–Trinajstić information content (AvgIpc) is 2.38. The van der Waals surface area contributed by atoms with Gasteiger partial charge in [0.05, 0.1) is 10.0 Å². The largest absolute Gasteiger partial charge is 0.323 e. The van der Waals surface area contributed by atoms with Crippen molar-refractivity contribution in [2.45, 2.75) is 20.8 Å². The second kappa shape index (κ2) is 6.37. The second-order valence-corrected chi connectivity index (χ2v) is 5.80. The van der Waals surface area contributed by atoms with E-state index in [9.17, 15) is 4.79 Å². The Balaban J connectivity index is 2.13. The fourth-order valence-electron chi connectivity index (χ4n) is 2.23. The highest BCUT2D eigenvalue weighted by Gasteiger charge is 2.09. The molecule has 0 unspecified atom stereocenters. The molecule has 0 aliphatic heterocycles. The van der Waals surface area contributed by atoms with Crippen LogP contribution in [0.15, 0.2) is 30.3 Å². The first-order valence-corrected chi connectivity index (χ1v) is 7.23. The fourth-order valence-corrected chi connectivity index (χ4v) is 2.53. The molecule has 5 heteroatoms. The van der Waals surface area contributed by atoms with Gasteiger partial charge in [0, 0.05) is 11.4 Å². The van der Waals surface area contributed by atoms with Gasteiger partial charge in [-0.25, -0.2) is 4.79 Å². The molecule has 2 amide bonds. The van der Waals surface area contributed by atoms with Crippen molar-refractivity contribution < 1.29 is 4.79 Å². The molecule has 0 saturated heterocycles. The van der Waals surface area contributed by atoms with Crippen LogP contribution in [0.1, 0.15) is 16.7 Å². The maximum Gasteiger partial charge on any atom is 0.323 e. The van der Waals surface area contributed by atoms with Crippen LogP contribution >= 0.6 is 23.2 Å². The minimum absolute atomic E-state index is 0.316. The van der Waals surface area contributed by atoms with Crippen LogP contribution in [-0.4, -0.2) is 6.03 Å². The standard InChI is InChI=1S/C16H16Cl2N2O/c1-9-6-10(2)15(11(3)7-9)20-16(21)19-12-4-5-13(17)14(18)8-12/h4-8H,1-3H3,(H2,19,20,21). The van der Waals surface area contributed by atoms with Crippen LogP contribution in [0.2, 0.25) is 10.0 Å². The molecule has 0 aromatic heterocycles. The number of nitrogens with one attached hydrogen (secondary N) is 2. The number of carbonyl (C=O) groups excluding carboxylic acids is 1. The predicted molar refractivity (Wildman–Crippen MR) is 89.8 cm³/mol. The summed E-state index contributed by atoms with van der Waals surface area (Å²) in [5.41, 5.74) is 4.62. The molecule has 0 saturated carbocycles. The summed E-state index contributed by atoms with van der Waals surface area (Å²) in [5.74, 6) is 0. The highest BCUT2D eigenvalue weighted by atomic mass is 35.5. The van der Waals surface area contributed by atoms with Gasteiger partial charge in [0.15, 0.2) is 0 Å². The summed E-state index contributed by atoms with van der Waals surface area (Å²) in [4.78, 5) is 12.1. The van der Waals surface area contributed by atoms with Gasteiger partial charge in [0.25, 0.3) is 0 Å². The number of benzene rings is 2. The van der Waals surface area contributed by atoms with E-state index in [1.807, 2.05) is 32.9 Å². The third kappa shape index (κ3) is 3.90. The third-order valence-electron chi connectivity index (χ3n) is 3.09. The zero-order valence-electron chi connectivity index (χ0n) is 12.1. The van der Waals surface area contributed by atoms with E-state index < -0.39 is 0 Å². The molecule has 2 rings (SSSR count). The van der Waals surface area contributed by atoms with Gasteiger partial charge in [0.1, 0.15) is 0 Å². The topological polar surface area (TPSA) is 41.1 Å². The van der Waals surface area contributed by atoms with Crippen LogP contribution in [-0.2, 0) is 0 Å². The minimum Gasteiger partial charge on any atom is -0.308 e. The second-order valence-electron chi connectivity index (χ2n) is 4.98. The highest BCUT2D eigenvalue weighted by molar-refractivity contribution is 6.42. The van der Waals surface area contributed by atoms with Gasteiger partial charge >= 0.3 is 6.03 Å². The van der Waals surface area contributed by atoms with Crippen molar-refractivity contribution in [3.8, 4) is 0 Å². The monoisotopic (exact) mass is 322 g/mol. The molecular weight excluding hydrogens is 307 g/mol. The molecule has 2 aromatic carbocycles. The maximum absolute atomic E-state index is 12.1. The molecule has 0 aliphatic carbocycles. The summed E-state index contributed by atoms with van der Waals surface area (Å²) >= 11 is 11.8. The zero-order valence-corrected chi connectivity index (χ0v) is 13.6. The molecule has 3 nitrogen and oxygen atoms in total. The summed E-state index contributed by atoms with van der Waals surface area (Å²) in [7, 11) is 0. The van der Waals surface area contributed by atoms with Crippen LogP contribution < -0.4 is 10.6 Å². The maximum atomic E-state index is 12.1.